The Labute approximate surface area is 187 Å². The second-order valence-corrected chi connectivity index (χ2v) is 23.2. The van der Waals surface area contributed by atoms with Gasteiger partial charge in [-0.1, -0.05) is 0 Å². The Morgan fingerprint density at radius 2 is 1.57 bits per heavy atom. The van der Waals surface area contributed by atoms with E-state index in [0.29, 0.717) is 6.61 Å². The van der Waals surface area contributed by atoms with Gasteiger partial charge in [0.15, 0.2) is 0 Å². The molecule has 0 bridgehead atoms. The molecule has 0 aromatic heterocycles. The summed E-state index contributed by atoms with van der Waals surface area (Å²) in [6, 6.07) is 0. The first-order chi connectivity index (χ1) is 14.3. The van der Waals surface area contributed by atoms with E-state index in [4.69, 9.17) is 23.7 Å². The van der Waals surface area contributed by atoms with Gasteiger partial charge < -0.3 is 0 Å². The fraction of sp³-hybridized carbons (Fsp3) is 0.957. The van der Waals surface area contributed by atoms with E-state index in [1.54, 1.807) is 0 Å². The number of esters is 1. The second kappa shape index (κ2) is 12.4. The molecule has 0 N–H and O–H groups in total. The van der Waals surface area contributed by atoms with Crippen LogP contribution in [0.1, 0.15) is 80.1 Å². The van der Waals surface area contributed by atoms with Crippen molar-refractivity contribution in [2.45, 2.75) is 124 Å². The Bertz CT molecular complexity index is 504. The Morgan fingerprint density at radius 1 is 1.00 bits per heavy atom. The van der Waals surface area contributed by atoms with E-state index in [0.717, 1.165) is 4.62 Å². The van der Waals surface area contributed by atoms with E-state index in [2.05, 4.69) is 20.8 Å². The average molecular weight is 535 g/mol. The van der Waals surface area contributed by atoms with Crippen LogP contribution in [-0.2, 0) is 28.5 Å². The molecule has 0 saturated carbocycles. The summed E-state index contributed by atoms with van der Waals surface area (Å²) in [5, 5.41) is 0. The summed E-state index contributed by atoms with van der Waals surface area (Å²) < 4.78 is 35.1. The van der Waals surface area contributed by atoms with E-state index < -0.39 is 36.6 Å². The number of hydrogen-bond donors (Lipinski definition) is 0. The van der Waals surface area contributed by atoms with Crippen molar-refractivity contribution in [1.82, 2.24) is 0 Å². The van der Waals surface area contributed by atoms with Crippen molar-refractivity contribution >= 4 is 24.3 Å². The molecular formula is C23H44O6Sn. The van der Waals surface area contributed by atoms with Crippen molar-refractivity contribution in [3.8, 4) is 0 Å². The van der Waals surface area contributed by atoms with Crippen molar-refractivity contribution in [3.05, 3.63) is 0 Å². The normalized spacial score (nSPS) is 28.3. The van der Waals surface area contributed by atoms with Gasteiger partial charge in [0.05, 0.1) is 0 Å². The molecule has 0 spiro atoms. The molecule has 2 aliphatic rings. The molecule has 0 aromatic rings. The third-order valence-electron chi connectivity index (χ3n) is 6.28. The van der Waals surface area contributed by atoms with E-state index in [-0.39, 0.29) is 18.2 Å². The minimum atomic E-state index is -2.48. The summed E-state index contributed by atoms with van der Waals surface area (Å²) in [5.41, 5.74) is 0. The van der Waals surface area contributed by atoms with Crippen molar-refractivity contribution in [3.63, 3.8) is 0 Å². The molecule has 0 unspecified atom stereocenters. The van der Waals surface area contributed by atoms with Crippen LogP contribution in [0.4, 0.5) is 0 Å². The molecule has 0 radical (unpaired) electrons. The Balaban J connectivity index is 2.12. The van der Waals surface area contributed by atoms with Gasteiger partial charge in [-0.15, -0.1) is 0 Å². The first-order valence-electron chi connectivity index (χ1n) is 12.0. The van der Waals surface area contributed by atoms with Crippen LogP contribution in [0.3, 0.4) is 0 Å². The molecule has 7 heteroatoms. The topological polar surface area (TPSA) is 63.2 Å². The molecule has 2 saturated heterocycles. The summed E-state index contributed by atoms with van der Waals surface area (Å²) in [5.74, 6) is -1.05. The minimum absolute atomic E-state index is 0.238. The van der Waals surface area contributed by atoms with Crippen LogP contribution in [0, 0.1) is 0 Å². The molecule has 4 atom stereocenters. The number of ether oxygens (including phenoxy) is 5. The number of hydrogen-bond acceptors (Lipinski definition) is 6. The van der Waals surface area contributed by atoms with Gasteiger partial charge in [0, 0.05) is 0 Å². The number of carbonyl (C=O) groups excluding carboxylic acids is 1. The van der Waals surface area contributed by atoms with Gasteiger partial charge in [0.2, 0.25) is 0 Å². The number of carbonyl (C=O) groups is 1. The average Bonchev–Trinajstić information content (AvgIpc) is 3.02. The van der Waals surface area contributed by atoms with Crippen molar-refractivity contribution in [1.29, 1.82) is 0 Å². The molecular weight excluding hydrogens is 491 g/mol. The molecule has 2 rings (SSSR count). The van der Waals surface area contributed by atoms with Gasteiger partial charge in [-0.3, -0.25) is 0 Å². The van der Waals surface area contributed by atoms with Gasteiger partial charge in [0.1, 0.15) is 0 Å². The van der Waals surface area contributed by atoms with Crippen molar-refractivity contribution < 1.29 is 28.5 Å². The maximum absolute atomic E-state index is 11.8. The van der Waals surface area contributed by atoms with Crippen LogP contribution in [0.2, 0.25) is 13.3 Å². The first kappa shape index (κ1) is 26.4. The SMILES string of the molecule is CCC[CH2][Sn]([CH2]CCC)([CH2]CCC)[CH2]O[C@@H]1OC[C@H]2OC(C)(C)O[C@H]2[C@@H]1OC(C)=O. The predicted molar refractivity (Wildman–Crippen MR) is 120 cm³/mol. The van der Waals surface area contributed by atoms with Gasteiger partial charge in [-0.05, 0) is 0 Å². The predicted octanol–water partition coefficient (Wildman–Crippen LogP) is 5.20. The summed E-state index contributed by atoms with van der Waals surface area (Å²) in [6.07, 6.45) is 5.83. The second-order valence-electron chi connectivity index (χ2n) is 9.54. The fourth-order valence-electron chi connectivity index (χ4n) is 4.67. The zero-order valence-electron chi connectivity index (χ0n) is 20.0. The molecule has 2 heterocycles. The summed E-state index contributed by atoms with van der Waals surface area (Å²) in [4.78, 5) is 11.8. The van der Waals surface area contributed by atoms with E-state index in [9.17, 15) is 4.79 Å². The van der Waals surface area contributed by atoms with Crippen LogP contribution in [0.15, 0.2) is 0 Å². The van der Waals surface area contributed by atoms with Gasteiger partial charge in [-0.25, -0.2) is 0 Å². The quantitative estimate of drug-likeness (QED) is 0.239. The molecule has 0 aromatic carbocycles. The molecule has 6 nitrogen and oxygen atoms in total. The van der Waals surface area contributed by atoms with Crippen LogP contribution in [-0.4, -0.2) is 66.0 Å². The van der Waals surface area contributed by atoms with Gasteiger partial charge in [-0.2, -0.15) is 0 Å². The number of rotatable bonds is 13. The molecule has 0 aliphatic carbocycles. The molecule has 176 valence electrons. The van der Waals surface area contributed by atoms with E-state index >= 15 is 0 Å². The number of unbranched alkanes of at least 4 members (excludes halogenated alkanes) is 3. The molecule has 30 heavy (non-hydrogen) atoms. The third-order valence-corrected chi connectivity index (χ3v) is 20.6. The Kier molecular flexibility index (Phi) is 10.9. The first-order valence-corrected chi connectivity index (χ1v) is 20.1. The van der Waals surface area contributed by atoms with Gasteiger partial charge >= 0.3 is 188 Å². The maximum atomic E-state index is 11.8. The summed E-state index contributed by atoms with van der Waals surface area (Å²) >= 11 is -2.48. The summed E-state index contributed by atoms with van der Waals surface area (Å²) in [6.45, 7) is 12.4. The van der Waals surface area contributed by atoms with E-state index in [1.807, 2.05) is 13.8 Å². The molecule has 2 fully saturated rings. The van der Waals surface area contributed by atoms with Crippen LogP contribution in [0.25, 0.3) is 0 Å². The zero-order valence-corrected chi connectivity index (χ0v) is 22.9. The summed E-state index contributed by atoms with van der Waals surface area (Å²) in [7, 11) is 0. The fourth-order valence-corrected chi connectivity index (χ4v) is 19.0. The molecule has 2 aliphatic heterocycles. The van der Waals surface area contributed by atoms with Crippen LogP contribution in [0.5, 0.6) is 0 Å². The number of fused-ring (bicyclic) bond motifs is 1. The molecule has 0 amide bonds. The standard InChI is InChI=1S/C11H17O6.3C4H9.Sn/c1-6(12)15-9-8-7(5-14-10(9)13-4)16-11(2,3)17-8;3*1-3-4-2;/h7-10H,4-5H2,1-3H3;3*1,3-4H2,2H3;/t7-,8-,9+,10-;;;;/m1..../s1. The zero-order chi connectivity index (χ0) is 22.2. The van der Waals surface area contributed by atoms with Gasteiger partial charge in [0.25, 0.3) is 0 Å². The monoisotopic (exact) mass is 536 g/mol. The van der Waals surface area contributed by atoms with Crippen molar-refractivity contribution in [2.24, 2.45) is 0 Å². The Morgan fingerprint density at radius 3 is 2.07 bits per heavy atom. The van der Waals surface area contributed by atoms with Crippen LogP contribution >= 0.6 is 0 Å². The Hall–Kier alpha value is 0.109. The third kappa shape index (κ3) is 7.61. The van der Waals surface area contributed by atoms with Crippen molar-refractivity contribution in [2.75, 3.05) is 11.2 Å². The van der Waals surface area contributed by atoms with E-state index in [1.165, 1.54) is 58.8 Å². The van der Waals surface area contributed by atoms with Crippen LogP contribution < -0.4 is 0 Å².